The van der Waals surface area contributed by atoms with Gasteiger partial charge in [0.25, 0.3) is 0 Å². The predicted octanol–water partition coefficient (Wildman–Crippen LogP) is 6.99. The Labute approximate surface area is 225 Å². The fourth-order valence-electron chi connectivity index (χ4n) is 4.57. The van der Waals surface area contributed by atoms with Crippen LogP contribution in [-0.2, 0) is 24.2 Å². The second-order valence-corrected chi connectivity index (χ2v) is 12.1. The number of hydrogen-bond donors (Lipinski definition) is 1. The Morgan fingerprint density at radius 2 is 2.25 bits per heavy atom. The fourth-order valence-corrected chi connectivity index (χ4v) is 6.80. The summed E-state index contributed by atoms with van der Waals surface area (Å²) in [7, 11) is 0. The molecule has 0 radical (unpaired) electrons. The number of nitriles is 1. The first-order valence-electron chi connectivity index (χ1n) is 12.0. The molecule has 1 aliphatic carbocycles. The van der Waals surface area contributed by atoms with Gasteiger partial charge in [0, 0.05) is 22.0 Å². The number of rotatable bonds is 9. The molecule has 1 atom stereocenters. The summed E-state index contributed by atoms with van der Waals surface area (Å²) in [6.45, 7) is 11.2. The molecule has 1 aliphatic rings. The zero-order valence-corrected chi connectivity index (χ0v) is 23.2. The quantitative estimate of drug-likeness (QED) is 0.234. The molecule has 188 valence electrons. The zero-order chi connectivity index (χ0) is 25.9. The largest absolute Gasteiger partial charge is 0.316 e. The number of benzene rings is 1. The van der Waals surface area contributed by atoms with E-state index in [1.54, 1.807) is 17.4 Å². The number of carbonyl (C=O) groups excluding carboxylic acids is 1. The fraction of sp³-hybridized carbons (Fsp3) is 0.407. The number of halogens is 1. The van der Waals surface area contributed by atoms with Crippen LogP contribution in [0, 0.1) is 22.7 Å². The predicted molar refractivity (Wildman–Crippen MR) is 149 cm³/mol. The van der Waals surface area contributed by atoms with Crippen LogP contribution in [0.15, 0.2) is 42.1 Å². The molecular formula is C27H30ClN5OS2. The lowest BCUT2D eigenvalue weighted by molar-refractivity contribution is -0.113. The number of allylic oxidation sites excluding steroid dienone is 1. The number of anilines is 1. The molecule has 4 rings (SSSR count). The highest BCUT2D eigenvalue weighted by atomic mass is 35.5. The summed E-state index contributed by atoms with van der Waals surface area (Å²) in [5.41, 5.74) is 2.85. The van der Waals surface area contributed by atoms with Crippen molar-refractivity contribution in [3.8, 4) is 17.5 Å². The lowest BCUT2D eigenvalue weighted by atomic mass is 9.69. The molecular weight excluding hydrogens is 510 g/mol. The van der Waals surface area contributed by atoms with Gasteiger partial charge in [-0.3, -0.25) is 9.36 Å². The lowest BCUT2D eigenvalue weighted by Crippen LogP contribution is -2.28. The van der Waals surface area contributed by atoms with Gasteiger partial charge in [-0.25, -0.2) is 0 Å². The molecule has 0 saturated heterocycles. The second-order valence-electron chi connectivity index (χ2n) is 9.65. The molecule has 0 fully saturated rings. The van der Waals surface area contributed by atoms with Gasteiger partial charge in [-0.05, 0) is 48.3 Å². The molecule has 0 bridgehead atoms. The first kappa shape index (κ1) is 26.5. The molecule has 1 aromatic carbocycles. The van der Waals surface area contributed by atoms with Crippen molar-refractivity contribution in [1.29, 1.82) is 5.26 Å². The van der Waals surface area contributed by atoms with E-state index in [0.29, 0.717) is 39.0 Å². The van der Waals surface area contributed by atoms with Crippen molar-refractivity contribution in [2.45, 2.75) is 58.2 Å². The summed E-state index contributed by atoms with van der Waals surface area (Å²) in [6, 6.07) is 9.77. The van der Waals surface area contributed by atoms with Gasteiger partial charge in [0.05, 0.1) is 11.3 Å². The molecule has 0 saturated carbocycles. The molecule has 36 heavy (non-hydrogen) atoms. The Bertz CT molecular complexity index is 1320. The third-order valence-corrected chi connectivity index (χ3v) is 9.46. The number of fused-ring (bicyclic) bond motifs is 1. The van der Waals surface area contributed by atoms with Gasteiger partial charge < -0.3 is 5.32 Å². The highest BCUT2D eigenvalue weighted by Crippen LogP contribution is 2.45. The smallest absolute Gasteiger partial charge is 0.235 e. The first-order chi connectivity index (χ1) is 17.3. The average molecular weight is 540 g/mol. The molecule has 1 unspecified atom stereocenters. The standard InChI is InChI=1S/C27H30ClN5OS2/c1-5-12-33-24(17-8-7-9-19(28)13-17)31-32-26(33)35-16-23(34)30-25-21(15-29)20-11-10-18(14-22(20)36-25)27(3,4)6-2/h5,7-9,13,18H,1,6,10-12,14,16H2,2-4H3,(H,30,34). The van der Waals surface area contributed by atoms with Crippen LogP contribution in [0.25, 0.3) is 11.4 Å². The number of thioether (sulfide) groups is 1. The number of nitrogens with zero attached hydrogens (tertiary/aromatic N) is 4. The van der Waals surface area contributed by atoms with Crippen LogP contribution in [0.2, 0.25) is 5.02 Å². The Kier molecular flexibility index (Phi) is 8.23. The highest BCUT2D eigenvalue weighted by molar-refractivity contribution is 7.99. The number of hydrogen-bond acceptors (Lipinski definition) is 6. The summed E-state index contributed by atoms with van der Waals surface area (Å²) < 4.78 is 1.91. The van der Waals surface area contributed by atoms with Gasteiger partial charge in [-0.2, -0.15) is 5.26 Å². The molecule has 6 nitrogen and oxygen atoms in total. The van der Waals surface area contributed by atoms with Gasteiger partial charge in [-0.1, -0.05) is 68.8 Å². The van der Waals surface area contributed by atoms with Gasteiger partial charge in [0.15, 0.2) is 11.0 Å². The number of thiophene rings is 1. The number of aromatic nitrogens is 3. The van der Waals surface area contributed by atoms with Crippen molar-refractivity contribution in [1.82, 2.24) is 14.8 Å². The maximum atomic E-state index is 12.9. The van der Waals surface area contributed by atoms with E-state index in [4.69, 9.17) is 11.6 Å². The summed E-state index contributed by atoms with van der Waals surface area (Å²) in [4.78, 5) is 14.1. The molecule has 3 aromatic rings. The van der Waals surface area contributed by atoms with Crippen molar-refractivity contribution in [3.05, 3.63) is 57.9 Å². The van der Waals surface area contributed by atoms with Crippen LogP contribution in [0.5, 0.6) is 0 Å². The van der Waals surface area contributed by atoms with Crippen LogP contribution in [0.4, 0.5) is 5.00 Å². The summed E-state index contributed by atoms with van der Waals surface area (Å²) in [5, 5.41) is 23.4. The lowest BCUT2D eigenvalue weighted by Gasteiger charge is -2.36. The van der Waals surface area contributed by atoms with E-state index in [0.717, 1.165) is 36.8 Å². The maximum Gasteiger partial charge on any atom is 0.235 e. The molecule has 1 amide bonds. The molecule has 2 aromatic heterocycles. The van der Waals surface area contributed by atoms with Crippen molar-refractivity contribution in [3.63, 3.8) is 0 Å². The molecule has 9 heteroatoms. The number of nitrogens with one attached hydrogen (secondary N) is 1. The minimum atomic E-state index is -0.169. The summed E-state index contributed by atoms with van der Waals surface area (Å²) >= 11 is 9.02. The van der Waals surface area contributed by atoms with E-state index in [1.807, 2.05) is 28.8 Å². The SMILES string of the molecule is C=CCn1c(SCC(=O)Nc2sc3c(c2C#N)CCC(C(C)(C)CC)C3)nnc1-c1cccc(Cl)c1. The molecule has 0 aliphatic heterocycles. The van der Waals surface area contributed by atoms with Gasteiger partial charge in [0.1, 0.15) is 11.1 Å². The Balaban J connectivity index is 1.47. The van der Waals surface area contributed by atoms with Crippen LogP contribution in [0.3, 0.4) is 0 Å². The van der Waals surface area contributed by atoms with Crippen molar-refractivity contribution in [2.75, 3.05) is 11.1 Å². The molecule has 2 heterocycles. The van der Waals surface area contributed by atoms with Crippen LogP contribution in [-0.4, -0.2) is 26.4 Å². The average Bonchev–Trinajstić information content (AvgIpc) is 3.42. The van der Waals surface area contributed by atoms with Gasteiger partial charge >= 0.3 is 0 Å². The molecule has 0 spiro atoms. The van der Waals surface area contributed by atoms with Crippen LogP contribution >= 0.6 is 34.7 Å². The van der Waals surface area contributed by atoms with E-state index in [-0.39, 0.29) is 17.1 Å². The van der Waals surface area contributed by atoms with E-state index >= 15 is 0 Å². The van der Waals surface area contributed by atoms with Crippen LogP contribution in [0.1, 0.15) is 49.6 Å². The van der Waals surface area contributed by atoms with Gasteiger partial charge in [0.2, 0.25) is 5.91 Å². The third kappa shape index (κ3) is 5.54. The Morgan fingerprint density at radius 3 is 2.94 bits per heavy atom. The summed E-state index contributed by atoms with van der Waals surface area (Å²) in [5.74, 6) is 1.24. The first-order valence-corrected chi connectivity index (χ1v) is 14.2. The Morgan fingerprint density at radius 1 is 1.44 bits per heavy atom. The van der Waals surface area contributed by atoms with E-state index in [2.05, 4.69) is 48.9 Å². The number of carbonyl (C=O) groups is 1. The van der Waals surface area contributed by atoms with Crippen molar-refractivity contribution < 1.29 is 4.79 Å². The number of amides is 1. The third-order valence-electron chi connectivity index (χ3n) is 7.09. The monoisotopic (exact) mass is 539 g/mol. The Hall–Kier alpha value is -2.60. The highest BCUT2D eigenvalue weighted by Gasteiger charge is 2.34. The van der Waals surface area contributed by atoms with Gasteiger partial charge in [-0.15, -0.1) is 28.1 Å². The maximum absolute atomic E-state index is 12.9. The molecule has 1 N–H and O–H groups in total. The van der Waals surface area contributed by atoms with Crippen molar-refractivity contribution in [2.24, 2.45) is 11.3 Å². The summed E-state index contributed by atoms with van der Waals surface area (Å²) in [6.07, 6.45) is 5.83. The van der Waals surface area contributed by atoms with Crippen LogP contribution < -0.4 is 5.32 Å². The van der Waals surface area contributed by atoms with E-state index in [9.17, 15) is 10.1 Å². The second kappa shape index (κ2) is 11.2. The van der Waals surface area contributed by atoms with E-state index < -0.39 is 0 Å². The zero-order valence-electron chi connectivity index (χ0n) is 20.8. The van der Waals surface area contributed by atoms with E-state index in [1.165, 1.54) is 16.6 Å². The minimum absolute atomic E-state index is 0.156. The van der Waals surface area contributed by atoms with Crippen molar-refractivity contribution >= 4 is 45.6 Å². The normalized spacial score (nSPS) is 15.2. The minimum Gasteiger partial charge on any atom is -0.316 e. The topological polar surface area (TPSA) is 83.6 Å².